The molecule has 1 fully saturated rings. The van der Waals surface area contributed by atoms with Gasteiger partial charge in [0.2, 0.25) is 0 Å². The van der Waals surface area contributed by atoms with Crippen molar-refractivity contribution in [3.63, 3.8) is 0 Å². The Morgan fingerprint density at radius 1 is 1.29 bits per heavy atom. The van der Waals surface area contributed by atoms with Gasteiger partial charge in [0, 0.05) is 11.5 Å². The fraction of sp³-hybridized carbons (Fsp3) is 0.533. The summed E-state index contributed by atoms with van der Waals surface area (Å²) in [5.41, 5.74) is 3.35. The lowest BCUT2D eigenvalue weighted by Crippen LogP contribution is -2.15. The van der Waals surface area contributed by atoms with Crippen molar-refractivity contribution >= 4 is 5.97 Å². The van der Waals surface area contributed by atoms with Crippen LogP contribution in [0.4, 0.5) is 0 Å². The van der Waals surface area contributed by atoms with Crippen LogP contribution in [-0.4, -0.2) is 12.1 Å². The summed E-state index contributed by atoms with van der Waals surface area (Å²) in [7, 11) is 0. The van der Waals surface area contributed by atoms with E-state index in [-0.39, 0.29) is 18.0 Å². The third-order valence-corrected chi connectivity index (χ3v) is 3.68. The van der Waals surface area contributed by atoms with Gasteiger partial charge >= 0.3 is 5.97 Å². The summed E-state index contributed by atoms with van der Waals surface area (Å²) in [5.74, 6) is -0.0520. The predicted molar refractivity (Wildman–Crippen MR) is 68.5 cm³/mol. The van der Waals surface area contributed by atoms with Crippen LogP contribution >= 0.6 is 0 Å². The number of allylic oxidation sites excluding steroid dienone is 3. The molecule has 2 rings (SSSR count). The van der Waals surface area contributed by atoms with E-state index in [2.05, 4.69) is 32.6 Å². The van der Waals surface area contributed by atoms with Gasteiger partial charge in [0.05, 0.1) is 0 Å². The number of ether oxygens (including phenoxy) is 1. The quantitative estimate of drug-likeness (QED) is 0.363. The van der Waals surface area contributed by atoms with Crippen LogP contribution in [0.1, 0.15) is 39.5 Å². The van der Waals surface area contributed by atoms with Crippen LogP contribution in [0.2, 0.25) is 0 Å². The van der Waals surface area contributed by atoms with Crippen LogP contribution in [-0.2, 0) is 9.53 Å². The molecular formula is C15H20O2. The summed E-state index contributed by atoms with van der Waals surface area (Å²) in [6, 6.07) is 0. The minimum atomic E-state index is -0.218. The number of hydrogen-bond acceptors (Lipinski definition) is 2. The van der Waals surface area contributed by atoms with E-state index in [0.29, 0.717) is 5.57 Å². The van der Waals surface area contributed by atoms with Gasteiger partial charge in [-0.15, -0.1) is 0 Å². The zero-order valence-electron chi connectivity index (χ0n) is 10.7. The van der Waals surface area contributed by atoms with Gasteiger partial charge in [0.1, 0.15) is 6.10 Å². The highest BCUT2D eigenvalue weighted by molar-refractivity contribution is 5.91. The van der Waals surface area contributed by atoms with E-state index >= 15 is 0 Å². The molecule has 17 heavy (non-hydrogen) atoms. The zero-order chi connectivity index (χ0) is 12.4. The van der Waals surface area contributed by atoms with E-state index in [9.17, 15) is 4.79 Å². The number of carbonyl (C=O) groups is 1. The third kappa shape index (κ3) is 2.68. The molecular weight excluding hydrogens is 212 g/mol. The summed E-state index contributed by atoms with van der Waals surface area (Å²) < 4.78 is 5.38. The Bertz CT molecular complexity index is 401. The van der Waals surface area contributed by atoms with Crippen molar-refractivity contribution in [1.29, 1.82) is 0 Å². The molecule has 1 aliphatic heterocycles. The lowest BCUT2D eigenvalue weighted by atomic mass is 9.88. The highest BCUT2D eigenvalue weighted by atomic mass is 16.5. The lowest BCUT2D eigenvalue weighted by Gasteiger charge is -2.17. The summed E-state index contributed by atoms with van der Waals surface area (Å²) in [6.45, 7) is 8.14. The summed E-state index contributed by atoms with van der Waals surface area (Å²) in [5, 5.41) is 0. The van der Waals surface area contributed by atoms with E-state index in [1.807, 2.05) is 0 Å². The standard InChI is InChI=1S/C15H20O2/c1-10-5-4-6-11(2)9-14-13(8-7-10)12(3)15(16)17-14/h5,9,13-14H,3-4,6-8H2,1-2H3/b10-5-,11-9-/t13-,14-/m0/s1. The number of esters is 1. The van der Waals surface area contributed by atoms with Crippen LogP contribution in [0.25, 0.3) is 0 Å². The molecule has 0 radical (unpaired) electrons. The maximum absolute atomic E-state index is 11.6. The number of rotatable bonds is 0. The Balaban J connectivity index is 2.24. The second-order valence-electron chi connectivity index (χ2n) is 5.14. The van der Waals surface area contributed by atoms with Crippen LogP contribution in [0.5, 0.6) is 0 Å². The van der Waals surface area contributed by atoms with E-state index in [1.54, 1.807) is 0 Å². The van der Waals surface area contributed by atoms with Gasteiger partial charge in [-0.1, -0.05) is 23.8 Å². The topological polar surface area (TPSA) is 26.3 Å². The summed E-state index contributed by atoms with van der Waals surface area (Å²) in [6.07, 6.45) is 8.45. The predicted octanol–water partition coefficient (Wildman–Crippen LogP) is 3.55. The number of carbonyl (C=O) groups excluding carboxylic acids is 1. The molecule has 0 amide bonds. The van der Waals surface area contributed by atoms with Crippen molar-refractivity contribution in [3.05, 3.63) is 35.5 Å². The average molecular weight is 232 g/mol. The molecule has 0 aromatic heterocycles. The molecule has 1 saturated heterocycles. The largest absolute Gasteiger partial charge is 0.454 e. The molecule has 92 valence electrons. The SMILES string of the molecule is C=C1C(=O)O[C@H]2/C=C(/C)CC/C=C(/C)CC[C@@H]12. The minimum Gasteiger partial charge on any atom is -0.454 e. The normalized spacial score (nSPS) is 36.4. The molecule has 0 saturated carbocycles. The molecule has 2 aliphatic rings. The van der Waals surface area contributed by atoms with Crippen molar-refractivity contribution in [3.8, 4) is 0 Å². The third-order valence-electron chi connectivity index (χ3n) is 3.68. The average Bonchev–Trinajstić information content (AvgIpc) is 2.52. The van der Waals surface area contributed by atoms with Gasteiger partial charge in [-0.2, -0.15) is 0 Å². The molecule has 0 aromatic carbocycles. The Morgan fingerprint density at radius 2 is 2.06 bits per heavy atom. The van der Waals surface area contributed by atoms with Gasteiger partial charge < -0.3 is 4.74 Å². The van der Waals surface area contributed by atoms with Gasteiger partial charge in [-0.3, -0.25) is 0 Å². The first-order chi connectivity index (χ1) is 8.08. The fourth-order valence-electron chi connectivity index (χ4n) is 2.51. The Morgan fingerprint density at radius 3 is 2.82 bits per heavy atom. The maximum Gasteiger partial charge on any atom is 0.334 e. The van der Waals surface area contributed by atoms with E-state index in [1.165, 1.54) is 11.1 Å². The van der Waals surface area contributed by atoms with Crippen molar-refractivity contribution < 1.29 is 9.53 Å². The Hall–Kier alpha value is -1.31. The highest BCUT2D eigenvalue weighted by Gasteiger charge is 2.36. The first kappa shape index (κ1) is 12.2. The van der Waals surface area contributed by atoms with Gasteiger partial charge in [-0.05, 0) is 45.6 Å². The zero-order valence-corrected chi connectivity index (χ0v) is 10.7. The number of fused-ring (bicyclic) bond motifs is 1. The molecule has 1 heterocycles. The highest BCUT2D eigenvalue weighted by Crippen LogP contribution is 2.33. The fourth-order valence-corrected chi connectivity index (χ4v) is 2.51. The Kier molecular flexibility index (Phi) is 3.51. The van der Waals surface area contributed by atoms with Gasteiger partial charge in [0.25, 0.3) is 0 Å². The van der Waals surface area contributed by atoms with Crippen molar-refractivity contribution in [2.45, 2.75) is 45.6 Å². The molecule has 0 bridgehead atoms. The summed E-state index contributed by atoms with van der Waals surface area (Å²) >= 11 is 0. The van der Waals surface area contributed by atoms with Gasteiger partial charge in [-0.25, -0.2) is 4.79 Å². The second-order valence-corrected chi connectivity index (χ2v) is 5.14. The maximum atomic E-state index is 11.6. The lowest BCUT2D eigenvalue weighted by molar-refractivity contribution is -0.137. The first-order valence-corrected chi connectivity index (χ1v) is 6.30. The van der Waals surface area contributed by atoms with Crippen molar-refractivity contribution in [2.24, 2.45) is 5.92 Å². The van der Waals surface area contributed by atoms with Crippen molar-refractivity contribution in [1.82, 2.24) is 0 Å². The molecule has 0 spiro atoms. The van der Waals surface area contributed by atoms with E-state index in [4.69, 9.17) is 4.74 Å². The smallest absolute Gasteiger partial charge is 0.334 e. The minimum absolute atomic E-state index is 0.0825. The summed E-state index contributed by atoms with van der Waals surface area (Å²) in [4.78, 5) is 11.6. The molecule has 2 nitrogen and oxygen atoms in total. The van der Waals surface area contributed by atoms with E-state index in [0.717, 1.165) is 25.7 Å². The monoisotopic (exact) mass is 232 g/mol. The molecule has 2 atom stereocenters. The van der Waals surface area contributed by atoms with Crippen molar-refractivity contribution in [2.75, 3.05) is 0 Å². The van der Waals surface area contributed by atoms with Crippen LogP contribution < -0.4 is 0 Å². The van der Waals surface area contributed by atoms with Crippen LogP contribution in [0, 0.1) is 5.92 Å². The molecule has 2 heteroatoms. The molecule has 1 aliphatic carbocycles. The second kappa shape index (κ2) is 4.91. The first-order valence-electron chi connectivity index (χ1n) is 6.30. The molecule has 0 unspecified atom stereocenters. The molecule has 0 N–H and O–H groups in total. The van der Waals surface area contributed by atoms with E-state index < -0.39 is 0 Å². The van der Waals surface area contributed by atoms with Crippen LogP contribution in [0.15, 0.2) is 35.5 Å². The number of hydrogen-bond donors (Lipinski definition) is 0. The molecule has 0 aromatic rings. The van der Waals surface area contributed by atoms with Crippen LogP contribution in [0.3, 0.4) is 0 Å². The van der Waals surface area contributed by atoms with Gasteiger partial charge in [0.15, 0.2) is 0 Å². The Labute approximate surface area is 103 Å².